The van der Waals surface area contributed by atoms with Crippen molar-refractivity contribution in [2.45, 2.75) is 6.92 Å². The third-order valence-corrected chi connectivity index (χ3v) is 2.99. The number of anilines is 2. The summed E-state index contributed by atoms with van der Waals surface area (Å²) in [6, 6.07) is 12.5. The number of carbonyl (C=O) groups excluding carboxylic acids is 1. The highest BCUT2D eigenvalue weighted by Gasteiger charge is 2.08. The molecule has 0 aliphatic carbocycles. The van der Waals surface area contributed by atoms with Gasteiger partial charge in [-0.2, -0.15) is 0 Å². The van der Waals surface area contributed by atoms with Crippen molar-refractivity contribution >= 4 is 17.3 Å². The SMILES string of the molecule is COc1ccc(NC(=O)c2ccc(NN)c(C)c2)cc1. The molecule has 0 fully saturated rings. The van der Waals surface area contributed by atoms with Crippen LogP contribution in [0.1, 0.15) is 15.9 Å². The maximum absolute atomic E-state index is 12.1. The zero-order chi connectivity index (χ0) is 14.5. The summed E-state index contributed by atoms with van der Waals surface area (Å²) >= 11 is 0. The van der Waals surface area contributed by atoms with Crippen LogP contribution in [0.2, 0.25) is 0 Å². The molecule has 0 saturated carbocycles. The van der Waals surface area contributed by atoms with Gasteiger partial charge in [0.05, 0.1) is 12.8 Å². The van der Waals surface area contributed by atoms with Crippen LogP contribution in [-0.2, 0) is 0 Å². The predicted molar refractivity (Wildman–Crippen MR) is 79.9 cm³/mol. The van der Waals surface area contributed by atoms with Gasteiger partial charge >= 0.3 is 0 Å². The molecule has 0 saturated heterocycles. The zero-order valence-corrected chi connectivity index (χ0v) is 11.4. The quantitative estimate of drug-likeness (QED) is 0.590. The summed E-state index contributed by atoms with van der Waals surface area (Å²) in [4.78, 5) is 12.1. The van der Waals surface area contributed by atoms with Crippen molar-refractivity contribution in [3.63, 3.8) is 0 Å². The van der Waals surface area contributed by atoms with E-state index in [1.54, 1.807) is 49.6 Å². The molecule has 0 unspecified atom stereocenters. The summed E-state index contributed by atoms with van der Waals surface area (Å²) in [6.45, 7) is 1.89. The monoisotopic (exact) mass is 271 g/mol. The van der Waals surface area contributed by atoms with Gasteiger partial charge in [0.15, 0.2) is 0 Å². The van der Waals surface area contributed by atoms with Crippen LogP contribution in [0.25, 0.3) is 0 Å². The fourth-order valence-electron chi connectivity index (χ4n) is 1.84. The Kier molecular flexibility index (Phi) is 4.22. The van der Waals surface area contributed by atoms with Crippen LogP contribution in [0, 0.1) is 6.92 Å². The normalized spacial score (nSPS) is 9.95. The van der Waals surface area contributed by atoms with E-state index in [-0.39, 0.29) is 5.91 Å². The summed E-state index contributed by atoms with van der Waals surface area (Å²) in [7, 11) is 1.60. The van der Waals surface area contributed by atoms with Gasteiger partial charge in [-0.15, -0.1) is 0 Å². The number of amides is 1. The van der Waals surface area contributed by atoms with Gasteiger partial charge in [-0.25, -0.2) is 0 Å². The van der Waals surface area contributed by atoms with Crippen molar-refractivity contribution in [1.29, 1.82) is 0 Å². The molecule has 0 aliphatic rings. The van der Waals surface area contributed by atoms with Gasteiger partial charge in [0, 0.05) is 11.3 Å². The van der Waals surface area contributed by atoms with Crippen LogP contribution >= 0.6 is 0 Å². The average Bonchev–Trinajstić information content (AvgIpc) is 2.48. The van der Waals surface area contributed by atoms with E-state index in [0.29, 0.717) is 5.56 Å². The van der Waals surface area contributed by atoms with E-state index in [0.717, 1.165) is 22.7 Å². The molecule has 2 rings (SSSR count). The van der Waals surface area contributed by atoms with E-state index >= 15 is 0 Å². The fraction of sp³-hybridized carbons (Fsp3) is 0.133. The van der Waals surface area contributed by atoms with Crippen molar-refractivity contribution in [1.82, 2.24) is 0 Å². The summed E-state index contributed by atoms with van der Waals surface area (Å²) in [5.41, 5.74) is 5.59. The van der Waals surface area contributed by atoms with E-state index in [1.165, 1.54) is 0 Å². The molecular formula is C15H17N3O2. The van der Waals surface area contributed by atoms with Crippen LogP contribution in [0.4, 0.5) is 11.4 Å². The minimum absolute atomic E-state index is 0.165. The highest BCUT2D eigenvalue weighted by atomic mass is 16.5. The van der Waals surface area contributed by atoms with E-state index in [2.05, 4.69) is 10.7 Å². The molecule has 104 valence electrons. The van der Waals surface area contributed by atoms with Gasteiger partial charge in [-0.3, -0.25) is 10.6 Å². The molecule has 1 amide bonds. The van der Waals surface area contributed by atoms with E-state index < -0.39 is 0 Å². The molecule has 20 heavy (non-hydrogen) atoms. The number of nitrogen functional groups attached to an aromatic ring is 1. The number of hydrogen-bond donors (Lipinski definition) is 3. The standard InChI is InChI=1S/C15H17N3O2/c1-10-9-11(3-8-14(10)18-16)15(19)17-12-4-6-13(20-2)7-5-12/h3-9,18H,16H2,1-2H3,(H,17,19). The van der Waals surface area contributed by atoms with Crippen molar-refractivity contribution < 1.29 is 9.53 Å². The Labute approximate surface area is 117 Å². The smallest absolute Gasteiger partial charge is 0.255 e. The Morgan fingerprint density at radius 1 is 1.15 bits per heavy atom. The molecular weight excluding hydrogens is 254 g/mol. The van der Waals surface area contributed by atoms with E-state index in [1.807, 2.05) is 6.92 Å². The predicted octanol–water partition coefficient (Wildman–Crippen LogP) is 2.54. The third kappa shape index (κ3) is 3.07. The molecule has 0 aromatic heterocycles. The number of aryl methyl sites for hydroxylation is 1. The molecule has 0 spiro atoms. The van der Waals surface area contributed by atoms with Gasteiger partial charge in [-0.1, -0.05) is 0 Å². The first-order valence-electron chi connectivity index (χ1n) is 6.16. The lowest BCUT2D eigenvalue weighted by Crippen LogP contribution is -2.13. The Bertz CT molecular complexity index is 609. The molecule has 0 bridgehead atoms. The van der Waals surface area contributed by atoms with Crippen molar-refractivity contribution in [2.75, 3.05) is 17.9 Å². The third-order valence-electron chi connectivity index (χ3n) is 2.99. The average molecular weight is 271 g/mol. The number of hydrogen-bond acceptors (Lipinski definition) is 4. The van der Waals surface area contributed by atoms with Crippen molar-refractivity contribution in [2.24, 2.45) is 5.84 Å². The zero-order valence-electron chi connectivity index (χ0n) is 11.4. The first-order chi connectivity index (χ1) is 9.63. The first kappa shape index (κ1) is 13.9. The largest absolute Gasteiger partial charge is 0.497 e. The number of rotatable bonds is 4. The van der Waals surface area contributed by atoms with Crippen LogP contribution in [0.5, 0.6) is 5.75 Å². The Hall–Kier alpha value is -2.53. The number of nitrogens with one attached hydrogen (secondary N) is 2. The molecule has 0 radical (unpaired) electrons. The lowest BCUT2D eigenvalue weighted by Gasteiger charge is -2.09. The summed E-state index contributed by atoms with van der Waals surface area (Å²) < 4.78 is 5.07. The molecule has 0 heterocycles. The molecule has 4 N–H and O–H groups in total. The number of carbonyl (C=O) groups is 1. The topological polar surface area (TPSA) is 76.4 Å². The summed E-state index contributed by atoms with van der Waals surface area (Å²) in [6.07, 6.45) is 0. The second-order valence-corrected chi connectivity index (χ2v) is 4.36. The van der Waals surface area contributed by atoms with Crippen LogP contribution in [-0.4, -0.2) is 13.0 Å². The Morgan fingerprint density at radius 2 is 1.85 bits per heavy atom. The van der Waals surface area contributed by atoms with Gasteiger partial charge in [0.1, 0.15) is 5.75 Å². The first-order valence-corrected chi connectivity index (χ1v) is 6.16. The second kappa shape index (κ2) is 6.08. The van der Waals surface area contributed by atoms with Gasteiger partial charge in [-0.05, 0) is 55.0 Å². The lowest BCUT2D eigenvalue weighted by molar-refractivity contribution is 0.102. The Balaban J connectivity index is 2.12. The van der Waals surface area contributed by atoms with Crippen molar-refractivity contribution in [3.8, 4) is 5.75 Å². The number of nitrogens with two attached hydrogens (primary N) is 1. The molecule has 2 aromatic carbocycles. The van der Waals surface area contributed by atoms with Gasteiger partial charge in [0.25, 0.3) is 5.91 Å². The Morgan fingerprint density at radius 3 is 2.40 bits per heavy atom. The van der Waals surface area contributed by atoms with Crippen LogP contribution < -0.4 is 21.3 Å². The van der Waals surface area contributed by atoms with Crippen LogP contribution in [0.3, 0.4) is 0 Å². The lowest BCUT2D eigenvalue weighted by atomic mass is 10.1. The molecule has 0 aliphatic heterocycles. The minimum Gasteiger partial charge on any atom is -0.497 e. The van der Waals surface area contributed by atoms with Crippen LogP contribution in [0.15, 0.2) is 42.5 Å². The highest BCUT2D eigenvalue weighted by Crippen LogP contribution is 2.18. The van der Waals surface area contributed by atoms with E-state index in [9.17, 15) is 4.79 Å². The number of hydrazine groups is 1. The van der Waals surface area contributed by atoms with E-state index in [4.69, 9.17) is 10.6 Å². The minimum atomic E-state index is -0.165. The fourth-order valence-corrected chi connectivity index (χ4v) is 1.84. The number of methoxy groups -OCH3 is 1. The molecule has 5 heteroatoms. The number of benzene rings is 2. The molecule has 2 aromatic rings. The molecule has 5 nitrogen and oxygen atoms in total. The summed E-state index contributed by atoms with van der Waals surface area (Å²) in [5.74, 6) is 5.95. The second-order valence-electron chi connectivity index (χ2n) is 4.36. The molecule has 0 atom stereocenters. The van der Waals surface area contributed by atoms with Gasteiger partial charge < -0.3 is 15.5 Å². The van der Waals surface area contributed by atoms with Crippen molar-refractivity contribution in [3.05, 3.63) is 53.6 Å². The maximum Gasteiger partial charge on any atom is 0.255 e. The number of ether oxygens (including phenoxy) is 1. The van der Waals surface area contributed by atoms with Gasteiger partial charge in [0.2, 0.25) is 0 Å². The highest BCUT2D eigenvalue weighted by molar-refractivity contribution is 6.04. The summed E-state index contributed by atoms with van der Waals surface area (Å²) in [5, 5.41) is 2.83. The maximum atomic E-state index is 12.1.